The monoisotopic (exact) mass is 195 g/mol. The Morgan fingerprint density at radius 1 is 1.23 bits per heavy atom. The van der Waals surface area contributed by atoms with Crippen LogP contribution in [0, 0.1) is 12.5 Å². The number of nitrogens with zero attached hydrogens (tertiary/aromatic N) is 1. The summed E-state index contributed by atoms with van der Waals surface area (Å²) in [5.41, 5.74) is 8.00. The number of nitrogens with one attached hydrogen (secondary N) is 2. The molecule has 13 heavy (non-hydrogen) atoms. The van der Waals surface area contributed by atoms with Gasteiger partial charge in [-0.2, -0.15) is 0 Å². The number of rotatable bonds is 1. The van der Waals surface area contributed by atoms with Gasteiger partial charge in [-0.3, -0.25) is 0 Å². The predicted molar refractivity (Wildman–Crippen MR) is 55.1 cm³/mol. The van der Waals surface area contributed by atoms with E-state index in [1.54, 1.807) is 0 Å². The van der Waals surface area contributed by atoms with Gasteiger partial charge >= 0.3 is 0 Å². The molecule has 0 amide bonds. The lowest BCUT2D eigenvalue weighted by molar-refractivity contribution is 1.10. The number of halogens is 1. The summed E-state index contributed by atoms with van der Waals surface area (Å²) < 4.78 is 0. The number of H-pyrrole nitrogens is 1. The quantitative estimate of drug-likeness (QED) is 0.654. The predicted octanol–water partition coefficient (Wildman–Crippen LogP) is 3.56. The Labute approximate surface area is 82.1 Å². The van der Waals surface area contributed by atoms with Crippen molar-refractivity contribution in [2.45, 2.75) is 6.92 Å². The van der Waals surface area contributed by atoms with Crippen LogP contribution in [0.2, 0.25) is 0 Å². The van der Waals surface area contributed by atoms with Gasteiger partial charge in [-0.1, -0.05) is 24.3 Å². The van der Waals surface area contributed by atoms with E-state index < -0.39 is 0 Å². The fourth-order valence-electron chi connectivity index (χ4n) is 1.42. The highest BCUT2D eigenvalue weighted by Crippen LogP contribution is 2.27. The molecule has 0 saturated carbocycles. The first-order valence-electron chi connectivity index (χ1n) is 3.77. The Morgan fingerprint density at radius 2 is 1.85 bits per heavy atom. The molecule has 3 nitrogen and oxygen atoms in total. The van der Waals surface area contributed by atoms with Crippen molar-refractivity contribution in [2.24, 2.45) is 5.11 Å². The molecular weight excluding hydrogens is 186 g/mol. The lowest BCUT2D eigenvalue weighted by Gasteiger charge is -1.87. The Balaban J connectivity index is 0.000000845. The second-order valence-electron chi connectivity index (χ2n) is 2.76. The third-order valence-corrected chi connectivity index (χ3v) is 2.00. The zero-order chi connectivity index (χ0) is 8.55. The van der Waals surface area contributed by atoms with Gasteiger partial charge in [-0.25, -0.2) is 5.53 Å². The molecule has 0 bridgehead atoms. The van der Waals surface area contributed by atoms with E-state index in [1.807, 2.05) is 31.2 Å². The molecule has 0 unspecified atom stereocenters. The highest BCUT2D eigenvalue weighted by molar-refractivity contribution is 5.93. The van der Waals surface area contributed by atoms with Crippen LogP contribution in [0.3, 0.4) is 0 Å². The van der Waals surface area contributed by atoms with E-state index >= 15 is 0 Å². The number of hydrogen-bond acceptors (Lipinski definition) is 2. The maximum absolute atomic E-state index is 6.93. The van der Waals surface area contributed by atoms with Crippen molar-refractivity contribution in [3.8, 4) is 0 Å². The fourth-order valence-corrected chi connectivity index (χ4v) is 1.42. The largest absolute Gasteiger partial charge is 0.341 e. The molecule has 0 radical (unpaired) electrons. The molecular formula is C9H10ClN3. The van der Waals surface area contributed by atoms with Crippen LogP contribution in [0.25, 0.3) is 10.8 Å². The number of aryl methyl sites for hydroxylation is 1. The van der Waals surface area contributed by atoms with E-state index in [9.17, 15) is 0 Å². The maximum atomic E-state index is 6.93. The maximum Gasteiger partial charge on any atom is 0.160 e. The van der Waals surface area contributed by atoms with Crippen molar-refractivity contribution in [3.63, 3.8) is 0 Å². The van der Waals surface area contributed by atoms with Gasteiger partial charge in [0.05, 0.1) is 0 Å². The molecule has 1 heterocycles. The summed E-state index contributed by atoms with van der Waals surface area (Å²) in [5, 5.41) is 5.57. The van der Waals surface area contributed by atoms with Gasteiger partial charge in [-0.15, -0.1) is 17.5 Å². The normalized spacial score (nSPS) is 9.62. The molecule has 0 aliphatic carbocycles. The van der Waals surface area contributed by atoms with E-state index in [-0.39, 0.29) is 12.4 Å². The van der Waals surface area contributed by atoms with Gasteiger partial charge < -0.3 is 4.98 Å². The van der Waals surface area contributed by atoms with E-state index in [2.05, 4.69) is 10.1 Å². The van der Waals surface area contributed by atoms with Crippen LogP contribution in [0.5, 0.6) is 0 Å². The first-order chi connectivity index (χ1) is 5.83. The molecule has 2 rings (SSSR count). The van der Waals surface area contributed by atoms with Gasteiger partial charge in [0.2, 0.25) is 0 Å². The standard InChI is InChI=1S/C9H9N3.ClH/c1-6-7-4-2-3-5-8(7)9(11-6)12-10;/h2-5,10-11H,1H3;1H. The van der Waals surface area contributed by atoms with Crippen LogP contribution >= 0.6 is 12.4 Å². The van der Waals surface area contributed by atoms with Crippen LogP contribution in [-0.4, -0.2) is 4.98 Å². The summed E-state index contributed by atoms with van der Waals surface area (Å²) in [6.45, 7) is 1.98. The summed E-state index contributed by atoms with van der Waals surface area (Å²) in [4.78, 5) is 3.05. The molecule has 1 aromatic heterocycles. The molecule has 1 aromatic carbocycles. The fraction of sp³-hybridized carbons (Fsp3) is 0.111. The van der Waals surface area contributed by atoms with E-state index in [4.69, 9.17) is 5.53 Å². The molecule has 0 saturated heterocycles. The second-order valence-corrected chi connectivity index (χ2v) is 2.76. The first kappa shape index (κ1) is 9.74. The van der Waals surface area contributed by atoms with E-state index in [0.29, 0.717) is 5.82 Å². The smallest absolute Gasteiger partial charge is 0.160 e. The molecule has 0 fully saturated rings. The van der Waals surface area contributed by atoms with E-state index in [0.717, 1.165) is 16.5 Å². The number of fused-ring (bicyclic) bond motifs is 1. The topological polar surface area (TPSA) is 52.0 Å². The van der Waals surface area contributed by atoms with Crippen LogP contribution in [0.4, 0.5) is 5.82 Å². The van der Waals surface area contributed by atoms with Crippen molar-refractivity contribution in [1.29, 1.82) is 5.53 Å². The van der Waals surface area contributed by atoms with Gasteiger partial charge in [0.1, 0.15) is 0 Å². The number of aromatic nitrogens is 1. The molecule has 0 atom stereocenters. The van der Waals surface area contributed by atoms with Crippen molar-refractivity contribution >= 4 is 29.0 Å². The minimum atomic E-state index is 0. The molecule has 2 N–H and O–H groups in total. The van der Waals surface area contributed by atoms with Crippen molar-refractivity contribution in [1.82, 2.24) is 4.98 Å². The molecule has 4 heteroatoms. The van der Waals surface area contributed by atoms with Crippen molar-refractivity contribution in [3.05, 3.63) is 30.0 Å². The second kappa shape index (κ2) is 3.58. The molecule has 2 aromatic rings. The van der Waals surface area contributed by atoms with Crippen LogP contribution in [0.1, 0.15) is 5.69 Å². The minimum absolute atomic E-state index is 0. The van der Waals surface area contributed by atoms with E-state index in [1.165, 1.54) is 0 Å². The summed E-state index contributed by atoms with van der Waals surface area (Å²) in [7, 11) is 0. The SMILES string of the molecule is Cc1[nH]c(N=N)c2ccccc12.Cl. The summed E-state index contributed by atoms with van der Waals surface area (Å²) in [6, 6.07) is 7.92. The Morgan fingerprint density at radius 3 is 2.46 bits per heavy atom. The highest BCUT2D eigenvalue weighted by Gasteiger charge is 2.04. The molecule has 68 valence electrons. The van der Waals surface area contributed by atoms with Crippen LogP contribution in [-0.2, 0) is 0 Å². The summed E-state index contributed by atoms with van der Waals surface area (Å²) in [6.07, 6.45) is 0. The van der Waals surface area contributed by atoms with Gasteiger partial charge in [-0.05, 0) is 6.92 Å². The third kappa shape index (κ3) is 1.42. The first-order valence-corrected chi connectivity index (χ1v) is 3.77. The number of hydrogen-bond donors (Lipinski definition) is 2. The average Bonchev–Trinajstić information content (AvgIpc) is 2.44. The highest BCUT2D eigenvalue weighted by atomic mass is 35.5. The van der Waals surface area contributed by atoms with Crippen LogP contribution in [0.15, 0.2) is 29.4 Å². The molecule has 0 aliphatic heterocycles. The summed E-state index contributed by atoms with van der Waals surface area (Å²) >= 11 is 0. The lowest BCUT2D eigenvalue weighted by atomic mass is 10.2. The Kier molecular flexibility index (Phi) is 2.68. The Hall–Kier alpha value is -1.35. The molecule has 0 aliphatic rings. The van der Waals surface area contributed by atoms with Gasteiger partial charge in [0.15, 0.2) is 5.82 Å². The number of aromatic amines is 1. The average molecular weight is 196 g/mol. The number of benzene rings is 1. The van der Waals surface area contributed by atoms with Crippen LogP contribution < -0.4 is 0 Å². The summed E-state index contributed by atoms with van der Waals surface area (Å²) in [5.74, 6) is 0.642. The molecule has 0 spiro atoms. The third-order valence-electron chi connectivity index (χ3n) is 2.00. The van der Waals surface area contributed by atoms with Gasteiger partial charge in [0.25, 0.3) is 0 Å². The lowest BCUT2D eigenvalue weighted by Crippen LogP contribution is -1.67. The van der Waals surface area contributed by atoms with Crippen molar-refractivity contribution in [2.75, 3.05) is 0 Å². The zero-order valence-corrected chi connectivity index (χ0v) is 7.98. The minimum Gasteiger partial charge on any atom is -0.341 e. The van der Waals surface area contributed by atoms with Crippen molar-refractivity contribution < 1.29 is 0 Å². The Bertz CT molecular complexity index is 433. The zero-order valence-electron chi connectivity index (χ0n) is 7.16. The van der Waals surface area contributed by atoms with Gasteiger partial charge in [0, 0.05) is 16.5 Å².